The monoisotopic (exact) mass is 316 g/mol. The van der Waals surface area contributed by atoms with Gasteiger partial charge >= 0.3 is 0 Å². The second-order valence-electron chi connectivity index (χ2n) is 5.03. The lowest BCUT2D eigenvalue weighted by molar-refractivity contribution is -0.132. The molecule has 0 bridgehead atoms. The maximum Gasteiger partial charge on any atom is 0.260 e. The Labute approximate surface area is 133 Å². The first-order valence-electron chi connectivity index (χ1n) is 6.97. The van der Waals surface area contributed by atoms with Crippen LogP contribution in [0.5, 0.6) is 5.75 Å². The Kier molecular flexibility index (Phi) is 5.30. The van der Waals surface area contributed by atoms with Gasteiger partial charge in [0.1, 0.15) is 11.6 Å². The number of benzene rings is 2. The van der Waals surface area contributed by atoms with E-state index < -0.39 is 5.91 Å². The van der Waals surface area contributed by atoms with Crippen LogP contribution >= 0.6 is 0 Å². The summed E-state index contributed by atoms with van der Waals surface area (Å²) in [6, 6.07) is 12.5. The minimum absolute atomic E-state index is 0.216. The van der Waals surface area contributed by atoms with Crippen molar-refractivity contribution in [3.63, 3.8) is 0 Å². The van der Waals surface area contributed by atoms with E-state index in [1.54, 1.807) is 37.4 Å². The third-order valence-corrected chi connectivity index (χ3v) is 3.24. The molecule has 5 nitrogen and oxygen atoms in total. The first-order chi connectivity index (χ1) is 11.0. The van der Waals surface area contributed by atoms with Gasteiger partial charge in [-0.15, -0.1) is 0 Å². The highest BCUT2D eigenvalue weighted by Gasteiger charge is 2.13. The highest BCUT2D eigenvalue weighted by atomic mass is 19.1. The zero-order chi connectivity index (χ0) is 16.8. The Balaban J connectivity index is 1.95. The summed E-state index contributed by atoms with van der Waals surface area (Å²) < 4.78 is 18.5. The number of para-hydroxylation sites is 1. The second kappa shape index (κ2) is 7.40. The molecule has 0 radical (unpaired) electrons. The highest BCUT2D eigenvalue weighted by molar-refractivity contribution is 5.95. The van der Waals surface area contributed by atoms with Gasteiger partial charge in [0.25, 0.3) is 11.8 Å². The number of primary amides is 1. The molecular formula is C17H17FN2O3. The topological polar surface area (TPSA) is 72.6 Å². The lowest BCUT2D eigenvalue weighted by atomic mass is 10.2. The van der Waals surface area contributed by atoms with Crippen molar-refractivity contribution in [3.8, 4) is 5.75 Å². The predicted octanol–water partition coefficient (Wildman–Crippen LogP) is 1.96. The Morgan fingerprint density at radius 2 is 1.91 bits per heavy atom. The van der Waals surface area contributed by atoms with Crippen LogP contribution < -0.4 is 10.5 Å². The number of nitrogens with zero attached hydrogens (tertiary/aromatic N) is 1. The third kappa shape index (κ3) is 4.54. The van der Waals surface area contributed by atoms with Crippen LogP contribution in [0, 0.1) is 5.82 Å². The zero-order valence-electron chi connectivity index (χ0n) is 12.7. The number of halogens is 1. The van der Waals surface area contributed by atoms with Crippen molar-refractivity contribution in [2.75, 3.05) is 13.7 Å². The van der Waals surface area contributed by atoms with Crippen molar-refractivity contribution in [2.45, 2.75) is 6.54 Å². The molecule has 23 heavy (non-hydrogen) atoms. The number of rotatable bonds is 6. The van der Waals surface area contributed by atoms with Crippen LogP contribution in [0.4, 0.5) is 4.39 Å². The SMILES string of the molecule is CN(Cc1cccc(F)c1)C(=O)COc1ccccc1C(N)=O. The number of amides is 2. The molecule has 6 heteroatoms. The van der Waals surface area contributed by atoms with Gasteiger partial charge in [-0.25, -0.2) is 4.39 Å². The summed E-state index contributed by atoms with van der Waals surface area (Å²) in [5.41, 5.74) is 6.14. The molecule has 2 aromatic rings. The molecular weight excluding hydrogens is 299 g/mol. The number of likely N-dealkylation sites (N-methyl/N-ethyl adjacent to an activating group) is 1. The summed E-state index contributed by atoms with van der Waals surface area (Å²) in [7, 11) is 1.59. The van der Waals surface area contributed by atoms with Crippen LogP contribution in [0.1, 0.15) is 15.9 Å². The molecule has 2 amide bonds. The van der Waals surface area contributed by atoms with E-state index in [2.05, 4.69) is 0 Å². The normalized spacial score (nSPS) is 10.2. The molecule has 0 saturated carbocycles. The summed E-state index contributed by atoms with van der Waals surface area (Å²) in [5, 5.41) is 0. The van der Waals surface area contributed by atoms with E-state index in [0.717, 1.165) is 0 Å². The smallest absolute Gasteiger partial charge is 0.260 e. The molecule has 2 aromatic carbocycles. The molecule has 0 unspecified atom stereocenters. The molecule has 0 fully saturated rings. The Bertz CT molecular complexity index is 718. The molecule has 0 heterocycles. The van der Waals surface area contributed by atoms with Gasteiger partial charge in [-0.1, -0.05) is 24.3 Å². The first kappa shape index (κ1) is 16.5. The van der Waals surface area contributed by atoms with Crippen LogP contribution in [-0.2, 0) is 11.3 Å². The summed E-state index contributed by atoms with van der Waals surface area (Å²) in [5.74, 6) is -1.02. The number of hydrogen-bond donors (Lipinski definition) is 1. The van der Waals surface area contributed by atoms with E-state index in [0.29, 0.717) is 5.56 Å². The van der Waals surface area contributed by atoms with Crippen molar-refractivity contribution in [1.82, 2.24) is 4.90 Å². The average Bonchev–Trinajstić information content (AvgIpc) is 2.52. The molecule has 2 rings (SSSR count). The van der Waals surface area contributed by atoms with Crippen molar-refractivity contribution in [2.24, 2.45) is 5.73 Å². The number of nitrogens with two attached hydrogens (primary N) is 1. The quantitative estimate of drug-likeness (QED) is 0.885. The van der Waals surface area contributed by atoms with Gasteiger partial charge in [-0.2, -0.15) is 0 Å². The minimum atomic E-state index is -0.624. The molecule has 0 aliphatic heterocycles. The van der Waals surface area contributed by atoms with Crippen LogP contribution in [0.15, 0.2) is 48.5 Å². The highest BCUT2D eigenvalue weighted by Crippen LogP contribution is 2.17. The summed E-state index contributed by atoms with van der Waals surface area (Å²) in [6.07, 6.45) is 0. The molecule has 120 valence electrons. The fourth-order valence-electron chi connectivity index (χ4n) is 2.04. The summed E-state index contributed by atoms with van der Waals surface area (Å²) >= 11 is 0. The fourth-order valence-corrected chi connectivity index (χ4v) is 2.04. The van der Waals surface area contributed by atoms with E-state index in [1.165, 1.54) is 23.1 Å². The van der Waals surface area contributed by atoms with Gasteiger partial charge < -0.3 is 15.4 Å². The maximum absolute atomic E-state index is 13.1. The van der Waals surface area contributed by atoms with Crippen LogP contribution in [0.25, 0.3) is 0 Å². The minimum Gasteiger partial charge on any atom is -0.483 e. The Morgan fingerprint density at radius 3 is 2.61 bits per heavy atom. The lowest BCUT2D eigenvalue weighted by Gasteiger charge is -2.18. The van der Waals surface area contributed by atoms with Gasteiger partial charge in [-0.3, -0.25) is 9.59 Å². The molecule has 0 atom stereocenters. The van der Waals surface area contributed by atoms with Crippen molar-refractivity contribution >= 4 is 11.8 Å². The van der Waals surface area contributed by atoms with Gasteiger partial charge in [0, 0.05) is 13.6 Å². The molecule has 0 spiro atoms. The van der Waals surface area contributed by atoms with E-state index in [-0.39, 0.29) is 36.2 Å². The van der Waals surface area contributed by atoms with Gasteiger partial charge in [0.2, 0.25) is 0 Å². The standard InChI is InChI=1S/C17H17FN2O3/c1-20(10-12-5-4-6-13(18)9-12)16(21)11-23-15-8-3-2-7-14(15)17(19)22/h2-9H,10-11H2,1H3,(H2,19,22). The number of hydrogen-bond acceptors (Lipinski definition) is 3. The Hall–Kier alpha value is -2.89. The average molecular weight is 316 g/mol. The number of ether oxygens (including phenoxy) is 1. The third-order valence-electron chi connectivity index (χ3n) is 3.24. The van der Waals surface area contributed by atoms with Gasteiger partial charge in [0.05, 0.1) is 5.56 Å². The first-order valence-corrected chi connectivity index (χ1v) is 6.97. The molecule has 2 N–H and O–H groups in total. The van der Waals surface area contributed by atoms with E-state index in [9.17, 15) is 14.0 Å². The molecule has 0 aliphatic carbocycles. The van der Waals surface area contributed by atoms with Crippen LogP contribution in [-0.4, -0.2) is 30.4 Å². The van der Waals surface area contributed by atoms with E-state index in [1.807, 2.05) is 0 Å². The van der Waals surface area contributed by atoms with Crippen molar-refractivity contribution < 1.29 is 18.7 Å². The van der Waals surface area contributed by atoms with Crippen molar-refractivity contribution in [3.05, 3.63) is 65.5 Å². The second-order valence-corrected chi connectivity index (χ2v) is 5.03. The van der Waals surface area contributed by atoms with Gasteiger partial charge in [0.15, 0.2) is 6.61 Å². The van der Waals surface area contributed by atoms with Crippen LogP contribution in [0.2, 0.25) is 0 Å². The van der Waals surface area contributed by atoms with Gasteiger partial charge in [-0.05, 0) is 29.8 Å². The van der Waals surface area contributed by atoms with E-state index in [4.69, 9.17) is 10.5 Å². The fraction of sp³-hybridized carbons (Fsp3) is 0.176. The lowest BCUT2D eigenvalue weighted by Crippen LogP contribution is -2.31. The Morgan fingerprint density at radius 1 is 1.17 bits per heavy atom. The summed E-state index contributed by atoms with van der Waals surface area (Å²) in [4.78, 5) is 24.8. The van der Waals surface area contributed by atoms with Crippen LogP contribution in [0.3, 0.4) is 0 Å². The maximum atomic E-state index is 13.1. The zero-order valence-corrected chi connectivity index (χ0v) is 12.7. The molecule has 0 aromatic heterocycles. The van der Waals surface area contributed by atoms with Crippen molar-refractivity contribution in [1.29, 1.82) is 0 Å². The largest absolute Gasteiger partial charge is 0.483 e. The predicted molar refractivity (Wildman–Crippen MR) is 83.3 cm³/mol. The summed E-state index contributed by atoms with van der Waals surface area (Å²) in [6.45, 7) is 0.0214. The number of carbonyl (C=O) groups excluding carboxylic acids is 2. The number of carbonyl (C=O) groups is 2. The molecule has 0 aliphatic rings. The molecule has 0 saturated heterocycles. The van der Waals surface area contributed by atoms with E-state index >= 15 is 0 Å².